The van der Waals surface area contributed by atoms with Crippen LogP contribution in [0.2, 0.25) is 0 Å². The summed E-state index contributed by atoms with van der Waals surface area (Å²) >= 11 is 0. The maximum absolute atomic E-state index is 13.0. The van der Waals surface area contributed by atoms with Crippen molar-refractivity contribution in [2.75, 3.05) is 18.0 Å². The first-order valence-electron chi connectivity index (χ1n) is 5.18. The number of aromatic nitrogens is 1. The van der Waals surface area contributed by atoms with Gasteiger partial charge in [0.25, 0.3) is 5.92 Å². The molecule has 0 amide bonds. The first kappa shape index (κ1) is 10.3. The van der Waals surface area contributed by atoms with E-state index in [-0.39, 0.29) is 5.69 Å². The van der Waals surface area contributed by atoms with Crippen LogP contribution in [0.5, 0.6) is 0 Å². The van der Waals surface area contributed by atoms with E-state index in [1.165, 1.54) is 6.07 Å². The summed E-state index contributed by atoms with van der Waals surface area (Å²) in [6.45, 7) is 2.72. The van der Waals surface area contributed by atoms with Gasteiger partial charge in [0.1, 0.15) is 11.5 Å². The number of halogens is 2. The molecular formula is C11H14F2N2. The third-order valence-corrected chi connectivity index (χ3v) is 2.61. The van der Waals surface area contributed by atoms with Crippen molar-refractivity contribution in [2.45, 2.75) is 25.7 Å². The summed E-state index contributed by atoms with van der Waals surface area (Å²) in [6, 6.07) is 4.81. The zero-order valence-corrected chi connectivity index (χ0v) is 8.71. The largest absolute Gasteiger partial charge is 0.357 e. The van der Waals surface area contributed by atoms with Crippen molar-refractivity contribution in [1.82, 2.24) is 4.98 Å². The van der Waals surface area contributed by atoms with Gasteiger partial charge in [0.2, 0.25) is 0 Å². The molecule has 0 atom stereocenters. The molecular weight excluding hydrogens is 198 g/mol. The van der Waals surface area contributed by atoms with Crippen molar-refractivity contribution < 1.29 is 8.78 Å². The lowest BCUT2D eigenvalue weighted by atomic mass is 10.2. The number of hydrogen-bond acceptors (Lipinski definition) is 2. The van der Waals surface area contributed by atoms with Crippen LogP contribution in [0.1, 0.15) is 25.5 Å². The molecule has 1 aromatic heterocycles. The Labute approximate surface area is 87.9 Å². The van der Waals surface area contributed by atoms with E-state index in [2.05, 4.69) is 9.88 Å². The van der Waals surface area contributed by atoms with E-state index < -0.39 is 5.92 Å². The molecule has 2 heterocycles. The first-order chi connectivity index (χ1) is 7.07. The Bertz CT molecular complexity index is 341. The van der Waals surface area contributed by atoms with E-state index in [0.717, 1.165) is 32.9 Å². The molecule has 1 fully saturated rings. The van der Waals surface area contributed by atoms with Gasteiger partial charge in [0.05, 0.1) is 0 Å². The number of pyridine rings is 1. The summed E-state index contributed by atoms with van der Waals surface area (Å²) in [4.78, 5) is 6.05. The fraction of sp³-hybridized carbons (Fsp3) is 0.545. The highest BCUT2D eigenvalue weighted by Crippen LogP contribution is 2.27. The van der Waals surface area contributed by atoms with Crippen molar-refractivity contribution in [3.05, 3.63) is 23.9 Å². The summed E-state index contributed by atoms with van der Waals surface area (Å²) in [5, 5.41) is 0. The minimum absolute atomic E-state index is 0.146. The monoisotopic (exact) mass is 212 g/mol. The van der Waals surface area contributed by atoms with Crippen molar-refractivity contribution in [2.24, 2.45) is 0 Å². The molecule has 0 radical (unpaired) electrons. The quantitative estimate of drug-likeness (QED) is 0.749. The third-order valence-electron chi connectivity index (χ3n) is 2.61. The summed E-state index contributed by atoms with van der Waals surface area (Å²) in [7, 11) is 0. The highest BCUT2D eigenvalue weighted by atomic mass is 19.3. The lowest BCUT2D eigenvalue weighted by Crippen LogP contribution is -2.20. The van der Waals surface area contributed by atoms with Crippen molar-refractivity contribution >= 4 is 5.82 Å². The van der Waals surface area contributed by atoms with Gasteiger partial charge in [-0.2, -0.15) is 8.78 Å². The molecule has 0 aliphatic carbocycles. The number of alkyl halides is 2. The maximum Gasteiger partial charge on any atom is 0.287 e. The lowest BCUT2D eigenvalue weighted by Gasteiger charge is -2.18. The molecule has 1 aliphatic rings. The minimum atomic E-state index is -2.85. The van der Waals surface area contributed by atoms with E-state index in [1.54, 1.807) is 12.1 Å². The Morgan fingerprint density at radius 3 is 2.53 bits per heavy atom. The molecule has 0 unspecified atom stereocenters. The summed E-state index contributed by atoms with van der Waals surface area (Å²) < 4.78 is 26.1. The number of nitrogens with zero attached hydrogens (tertiary/aromatic N) is 2. The van der Waals surface area contributed by atoms with E-state index in [4.69, 9.17) is 0 Å². The van der Waals surface area contributed by atoms with E-state index in [0.29, 0.717) is 5.82 Å². The Morgan fingerprint density at radius 2 is 1.93 bits per heavy atom. The maximum atomic E-state index is 13.0. The van der Waals surface area contributed by atoms with Crippen LogP contribution in [-0.4, -0.2) is 18.1 Å². The van der Waals surface area contributed by atoms with Crippen molar-refractivity contribution in [1.29, 1.82) is 0 Å². The van der Waals surface area contributed by atoms with Gasteiger partial charge in [-0.1, -0.05) is 6.07 Å². The van der Waals surface area contributed by atoms with Gasteiger partial charge in [-0.25, -0.2) is 4.98 Å². The molecule has 0 bridgehead atoms. The molecule has 0 spiro atoms. The predicted octanol–water partition coefficient (Wildman–Crippen LogP) is 2.79. The van der Waals surface area contributed by atoms with Gasteiger partial charge in [0.15, 0.2) is 0 Å². The molecule has 2 nitrogen and oxygen atoms in total. The van der Waals surface area contributed by atoms with E-state index in [9.17, 15) is 8.78 Å². The van der Waals surface area contributed by atoms with Crippen LogP contribution >= 0.6 is 0 Å². The van der Waals surface area contributed by atoms with Gasteiger partial charge in [-0.15, -0.1) is 0 Å². The fourth-order valence-corrected chi connectivity index (χ4v) is 1.79. The Kier molecular flexibility index (Phi) is 2.59. The topological polar surface area (TPSA) is 16.1 Å². The fourth-order valence-electron chi connectivity index (χ4n) is 1.79. The molecule has 82 valence electrons. The Morgan fingerprint density at radius 1 is 1.27 bits per heavy atom. The first-order valence-corrected chi connectivity index (χ1v) is 5.18. The second-order valence-corrected chi connectivity index (χ2v) is 3.96. The smallest absolute Gasteiger partial charge is 0.287 e. The molecule has 1 aromatic rings. The van der Waals surface area contributed by atoms with E-state index >= 15 is 0 Å². The second-order valence-electron chi connectivity index (χ2n) is 3.96. The van der Waals surface area contributed by atoms with Crippen LogP contribution < -0.4 is 4.90 Å². The number of rotatable bonds is 2. The van der Waals surface area contributed by atoms with Gasteiger partial charge in [-0.3, -0.25) is 0 Å². The third kappa shape index (κ3) is 2.25. The predicted molar refractivity (Wildman–Crippen MR) is 55.3 cm³/mol. The Balaban J connectivity index is 2.26. The van der Waals surface area contributed by atoms with Crippen LogP contribution in [0.25, 0.3) is 0 Å². The van der Waals surface area contributed by atoms with Crippen molar-refractivity contribution in [3.8, 4) is 0 Å². The number of hydrogen-bond donors (Lipinski definition) is 0. The second kappa shape index (κ2) is 3.76. The average molecular weight is 212 g/mol. The lowest BCUT2D eigenvalue weighted by molar-refractivity contribution is 0.0128. The SMILES string of the molecule is CC(F)(F)c1cccc(N2CCCC2)n1. The van der Waals surface area contributed by atoms with Crippen LogP contribution in [0, 0.1) is 0 Å². The van der Waals surface area contributed by atoms with Gasteiger partial charge in [-0.05, 0) is 25.0 Å². The zero-order chi connectivity index (χ0) is 10.9. The zero-order valence-electron chi connectivity index (χ0n) is 8.71. The van der Waals surface area contributed by atoms with Gasteiger partial charge >= 0.3 is 0 Å². The minimum Gasteiger partial charge on any atom is -0.357 e. The molecule has 4 heteroatoms. The highest BCUT2D eigenvalue weighted by molar-refractivity contribution is 5.40. The van der Waals surface area contributed by atoms with Crippen LogP contribution in [-0.2, 0) is 5.92 Å². The molecule has 1 aliphatic heterocycles. The molecule has 1 saturated heterocycles. The molecule has 0 N–H and O–H groups in total. The summed E-state index contributed by atoms with van der Waals surface area (Å²) in [5.74, 6) is -2.18. The summed E-state index contributed by atoms with van der Waals surface area (Å²) in [5.41, 5.74) is -0.146. The van der Waals surface area contributed by atoms with Gasteiger partial charge in [0, 0.05) is 20.0 Å². The van der Waals surface area contributed by atoms with Crippen LogP contribution in [0.3, 0.4) is 0 Å². The molecule has 2 rings (SSSR count). The average Bonchev–Trinajstić information content (AvgIpc) is 2.69. The standard InChI is InChI=1S/C11H14F2N2/c1-11(12,13)9-5-4-6-10(14-9)15-7-2-3-8-15/h4-6H,2-3,7-8H2,1H3. The number of anilines is 1. The van der Waals surface area contributed by atoms with Gasteiger partial charge < -0.3 is 4.90 Å². The normalized spacial score (nSPS) is 17.1. The molecule has 0 saturated carbocycles. The Hall–Kier alpha value is -1.19. The van der Waals surface area contributed by atoms with E-state index in [1.807, 2.05) is 0 Å². The molecule has 15 heavy (non-hydrogen) atoms. The van der Waals surface area contributed by atoms with Crippen LogP contribution in [0.15, 0.2) is 18.2 Å². The van der Waals surface area contributed by atoms with Crippen molar-refractivity contribution in [3.63, 3.8) is 0 Å². The molecule has 0 aromatic carbocycles. The highest BCUT2D eigenvalue weighted by Gasteiger charge is 2.27. The van der Waals surface area contributed by atoms with Crippen LogP contribution in [0.4, 0.5) is 14.6 Å². The summed E-state index contributed by atoms with van der Waals surface area (Å²) in [6.07, 6.45) is 2.24.